The molecule has 192 valence electrons. The highest BCUT2D eigenvalue weighted by atomic mass is 16.1. The Labute approximate surface area is 216 Å². The highest BCUT2D eigenvalue weighted by Crippen LogP contribution is 2.23. The number of nitrogens with zero attached hydrogens (tertiary/aromatic N) is 2. The number of nitrogens with one attached hydrogen (secondary N) is 3. The van der Waals surface area contributed by atoms with Gasteiger partial charge in [-0.05, 0) is 74.4 Å². The molecule has 5 rings (SSSR count). The summed E-state index contributed by atoms with van der Waals surface area (Å²) in [7, 11) is 0. The number of hydrogen-bond donors (Lipinski definition) is 3. The molecule has 0 spiro atoms. The van der Waals surface area contributed by atoms with E-state index in [0.717, 1.165) is 50.5 Å². The lowest BCUT2D eigenvalue weighted by Crippen LogP contribution is -2.53. The lowest BCUT2D eigenvalue weighted by atomic mass is 9.88. The molecule has 1 amide bonds. The van der Waals surface area contributed by atoms with Gasteiger partial charge in [0.25, 0.3) is 5.91 Å². The number of anilines is 1. The fourth-order valence-corrected chi connectivity index (χ4v) is 5.80. The zero-order valence-electron chi connectivity index (χ0n) is 21.6. The van der Waals surface area contributed by atoms with Gasteiger partial charge < -0.3 is 20.9 Å². The van der Waals surface area contributed by atoms with Crippen LogP contribution in [0, 0.1) is 0 Å². The van der Waals surface area contributed by atoms with Crippen LogP contribution in [0.15, 0.2) is 53.5 Å². The van der Waals surface area contributed by atoms with Gasteiger partial charge in [0.05, 0.1) is 6.04 Å². The summed E-state index contributed by atoms with van der Waals surface area (Å²) in [6.45, 7) is 5.10. The largest absolute Gasteiger partial charge is 0.349 e. The number of amides is 1. The predicted molar refractivity (Wildman–Crippen MR) is 148 cm³/mol. The van der Waals surface area contributed by atoms with Crippen LogP contribution in [0.4, 0.5) is 5.69 Å². The van der Waals surface area contributed by atoms with Crippen molar-refractivity contribution in [2.24, 2.45) is 4.99 Å². The van der Waals surface area contributed by atoms with Crippen LogP contribution in [-0.2, 0) is 12.8 Å². The van der Waals surface area contributed by atoms with E-state index < -0.39 is 0 Å². The van der Waals surface area contributed by atoms with Crippen molar-refractivity contribution in [2.75, 3.05) is 25.0 Å². The number of hydrogen-bond acceptors (Lipinski definition) is 3. The van der Waals surface area contributed by atoms with Crippen LogP contribution in [-0.4, -0.2) is 54.5 Å². The Hall–Kier alpha value is -2.86. The molecule has 0 aromatic heterocycles. The molecular formula is C30H41N5O. The second-order valence-corrected chi connectivity index (χ2v) is 10.8. The molecule has 1 saturated carbocycles. The molecule has 0 unspecified atom stereocenters. The molecule has 36 heavy (non-hydrogen) atoms. The third kappa shape index (κ3) is 6.47. The van der Waals surface area contributed by atoms with E-state index in [9.17, 15) is 4.79 Å². The Balaban J connectivity index is 1.24. The first-order valence-electron chi connectivity index (χ1n) is 13.9. The van der Waals surface area contributed by atoms with Crippen molar-refractivity contribution in [1.82, 2.24) is 15.5 Å². The Morgan fingerprint density at radius 3 is 2.47 bits per heavy atom. The minimum absolute atomic E-state index is 0.00852. The van der Waals surface area contributed by atoms with Crippen molar-refractivity contribution < 1.29 is 4.79 Å². The maximum absolute atomic E-state index is 13.0. The third-order valence-electron chi connectivity index (χ3n) is 7.88. The van der Waals surface area contributed by atoms with Crippen LogP contribution in [0.5, 0.6) is 0 Å². The molecule has 3 aliphatic rings. The summed E-state index contributed by atoms with van der Waals surface area (Å²) in [6, 6.07) is 17.5. The highest BCUT2D eigenvalue weighted by Gasteiger charge is 2.23. The van der Waals surface area contributed by atoms with Gasteiger partial charge >= 0.3 is 0 Å². The number of fused-ring (bicyclic) bond motifs is 1. The van der Waals surface area contributed by atoms with Gasteiger partial charge in [-0.25, -0.2) is 4.99 Å². The van der Waals surface area contributed by atoms with Crippen molar-refractivity contribution in [3.63, 3.8) is 0 Å². The number of rotatable bonds is 4. The smallest absolute Gasteiger partial charge is 0.251 e. The number of carbonyl (C=O) groups is 1. The van der Waals surface area contributed by atoms with E-state index in [4.69, 9.17) is 4.99 Å². The van der Waals surface area contributed by atoms with E-state index in [1.807, 2.05) is 24.3 Å². The number of carbonyl (C=O) groups excluding carboxylic acids is 1. The van der Waals surface area contributed by atoms with Gasteiger partial charge in [-0.15, -0.1) is 0 Å². The van der Waals surface area contributed by atoms with Gasteiger partial charge in [-0.2, -0.15) is 0 Å². The van der Waals surface area contributed by atoms with E-state index >= 15 is 0 Å². The molecule has 2 aliphatic carbocycles. The van der Waals surface area contributed by atoms with Gasteiger partial charge in [0.2, 0.25) is 0 Å². The number of aliphatic imine (C=N–C) groups is 1. The van der Waals surface area contributed by atoms with Gasteiger partial charge in [-0.3, -0.25) is 4.79 Å². The number of guanidine groups is 1. The highest BCUT2D eigenvalue weighted by molar-refractivity contribution is 5.97. The second kappa shape index (κ2) is 11.9. The first-order valence-corrected chi connectivity index (χ1v) is 13.9. The van der Waals surface area contributed by atoms with Crippen LogP contribution >= 0.6 is 0 Å². The predicted octanol–water partition coefficient (Wildman–Crippen LogP) is 4.76. The first-order chi connectivity index (χ1) is 17.6. The van der Waals surface area contributed by atoms with Crippen molar-refractivity contribution in [1.29, 1.82) is 0 Å². The molecule has 1 saturated heterocycles. The van der Waals surface area contributed by atoms with Crippen LogP contribution in [0.25, 0.3) is 0 Å². The molecule has 2 fully saturated rings. The van der Waals surface area contributed by atoms with Gasteiger partial charge in [0.15, 0.2) is 5.96 Å². The molecule has 1 aliphatic heterocycles. The fourth-order valence-electron chi connectivity index (χ4n) is 5.80. The van der Waals surface area contributed by atoms with Crippen molar-refractivity contribution in [3.05, 3.63) is 65.2 Å². The molecule has 6 heteroatoms. The molecule has 0 radical (unpaired) electrons. The topological polar surface area (TPSA) is 68.8 Å². The minimum Gasteiger partial charge on any atom is -0.349 e. The standard InChI is InChI=1S/C30H41N5O/c1-22-21-35(19-18-31-22)30(33-26-10-4-2-3-5-11-26)34-27-15-13-24(14-16-27)29(36)32-28-17-12-23-8-6-7-9-25(23)20-28/h6-9,13-16,22,26,28,31H,2-5,10-12,17-21H2,1H3,(H,32,36)(H,33,34)/t22-,28+/m0/s1. The molecule has 0 bridgehead atoms. The van der Waals surface area contributed by atoms with Crippen LogP contribution in [0.2, 0.25) is 0 Å². The average molecular weight is 488 g/mol. The quantitative estimate of drug-likeness (QED) is 0.331. The summed E-state index contributed by atoms with van der Waals surface area (Å²) in [4.78, 5) is 20.6. The summed E-state index contributed by atoms with van der Waals surface area (Å²) in [5.41, 5.74) is 4.46. The molecular weight excluding hydrogens is 446 g/mol. The molecule has 1 heterocycles. The van der Waals surface area contributed by atoms with Crippen LogP contribution in [0.3, 0.4) is 0 Å². The minimum atomic E-state index is 0.00852. The van der Waals surface area contributed by atoms with E-state index in [1.54, 1.807) is 0 Å². The monoisotopic (exact) mass is 487 g/mol. The normalized spacial score (nSPS) is 23.5. The van der Waals surface area contributed by atoms with Gasteiger partial charge in [0.1, 0.15) is 0 Å². The van der Waals surface area contributed by atoms with Gasteiger partial charge in [0, 0.05) is 43.0 Å². The maximum atomic E-state index is 13.0. The zero-order chi connectivity index (χ0) is 24.7. The number of benzene rings is 2. The Bertz CT molecular complexity index is 1040. The van der Waals surface area contributed by atoms with E-state index in [1.165, 1.54) is 49.7 Å². The van der Waals surface area contributed by atoms with E-state index in [-0.39, 0.29) is 11.9 Å². The first kappa shape index (κ1) is 24.8. The second-order valence-electron chi connectivity index (χ2n) is 10.8. The Kier molecular flexibility index (Phi) is 8.22. The summed E-state index contributed by atoms with van der Waals surface area (Å²) in [5.74, 6) is 0.988. The van der Waals surface area contributed by atoms with Crippen molar-refractivity contribution in [2.45, 2.75) is 82.8 Å². The van der Waals surface area contributed by atoms with Gasteiger partial charge in [-0.1, -0.05) is 49.9 Å². The van der Waals surface area contributed by atoms with Crippen molar-refractivity contribution in [3.8, 4) is 0 Å². The molecule has 6 nitrogen and oxygen atoms in total. The molecule has 2 aromatic carbocycles. The van der Waals surface area contributed by atoms with Crippen LogP contribution in [0.1, 0.15) is 73.4 Å². The fraction of sp³-hybridized carbons (Fsp3) is 0.533. The SMILES string of the molecule is C[C@H]1CN(C(=NC2CCCCCC2)Nc2ccc(C(=O)N[C@@H]3CCc4ccccc4C3)cc2)CCN1. The lowest BCUT2D eigenvalue weighted by molar-refractivity contribution is 0.0933. The summed E-state index contributed by atoms with van der Waals surface area (Å²) in [6.07, 6.45) is 10.5. The molecule has 2 aromatic rings. The summed E-state index contributed by atoms with van der Waals surface area (Å²) < 4.78 is 0. The summed E-state index contributed by atoms with van der Waals surface area (Å²) in [5, 5.41) is 10.4. The average Bonchev–Trinajstić information content (AvgIpc) is 3.17. The number of aryl methyl sites for hydroxylation is 1. The number of piperazine rings is 1. The lowest BCUT2D eigenvalue weighted by Gasteiger charge is -2.35. The molecule has 2 atom stereocenters. The Morgan fingerprint density at radius 2 is 1.72 bits per heavy atom. The van der Waals surface area contributed by atoms with Crippen LogP contribution < -0.4 is 16.0 Å². The van der Waals surface area contributed by atoms with E-state index in [2.05, 4.69) is 52.0 Å². The molecule has 3 N–H and O–H groups in total. The third-order valence-corrected chi connectivity index (χ3v) is 7.88. The van der Waals surface area contributed by atoms with Crippen molar-refractivity contribution >= 4 is 17.6 Å². The maximum Gasteiger partial charge on any atom is 0.251 e. The van der Waals surface area contributed by atoms with E-state index in [0.29, 0.717) is 17.6 Å². The Morgan fingerprint density at radius 1 is 0.972 bits per heavy atom. The zero-order valence-corrected chi connectivity index (χ0v) is 21.6. The summed E-state index contributed by atoms with van der Waals surface area (Å²) >= 11 is 0.